The van der Waals surface area contributed by atoms with Crippen LogP contribution < -0.4 is 10.6 Å². The Morgan fingerprint density at radius 2 is 2.17 bits per heavy atom. The zero-order valence-electron chi connectivity index (χ0n) is 9.98. The summed E-state index contributed by atoms with van der Waals surface area (Å²) >= 11 is 0. The first-order chi connectivity index (χ1) is 8.72. The fraction of sp³-hybridized carbons (Fsp3) is 0.385. The molecular formula is C13H16N2O3. The van der Waals surface area contributed by atoms with Gasteiger partial charge >= 0.3 is 0 Å². The van der Waals surface area contributed by atoms with Crippen LogP contribution in [0, 0.1) is 0 Å². The van der Waals surface area contributed by atoms with Crippen LogP contribution in [0.15, 0.2) is 24.3 Å². The van der Waals surface area contributed by atoms with Crippen molar-refractivity contribution in [3.05, 3.63) is 29.8 Å². The summed E-state index contributed by atoms with van der Waals surface area (Å²) in [6.45, 7) is 0.484. The molecule has 1 atom stereocenters. The fourth-order valence-electron chi connectivity index (χ4n) is 2.04. The van der Waals surface area contributed by atoms with Crippen molar-refractivity contribution in [3.63, 3.8) is 0 Å². The first-order valence-corrected chi connectivity index (χ1v) is 5.99. The van der Waals surface area contributed by atoms with Crippen LogP contribution in [0.1, 0.15) is 24.3 Å². The largest absolute Gasteiger partial charge is 0.396 e. The molecule has 1 unspecified atom stereocenters. The van der Waals surface area contributed by atoms with Crippen LogP contribution >= 0.6 is 0 Å². The molecule has 5 heteroatoms. The Balaban J connectivity index is 1.97. The number of rotatable bonds is 5. The molecule has 1 heterocycles. The fourth-order valence-corrected chi connectivity index (χ4v) is 2.04. The van der Waals surface area contributed by atoms with E-state index in [-0.39, 0.29) is 24.8 Å². The van der Waals surface area contributed by atoms with E-state index < -0.39 is 5.92 Å². The van der Waals surface area contributed by atoms with Crippen molar-refractivity contribution in [2.75, 3.05) is 18.5 Å². The molecule has 3 N–H and O–H groups in total. The average molecular weight is 248 g/mol. The van der Waals surface area contributed by atoms with Gasteiger partial charge in [-0.3, -0.25) is 9.59 Å². The number of benzene rings is 1. The highest BCUT2D eigenvalue weighted by molar-refractivity contribution is 6.04. The summed E-state index contributed by atoms with van der Waals surface area (Å²) in [5.74, 6) is -0.705. The van der Waals surface area contributed by atoms with E-state index in [1.165, 1.54) is 0 Å². The summed E-state index contributed by atoms with van der Waals surface area (Å²) in [5.41, 5.74) is 1.66. The Morgan fingerprint density at radius 3 is 2.94 bits per heavy atom. The van der Waals surface area contributed by atoms with E-state index in [4.69, 9.17) is 5.11 Å². The molecule has 2 amide bonds. The summed E-state index contributed by atoms with van der Waals surface area (Å²) in [6.07, 6.45) is 0.674. The molecule has 1 aromatic carbocycles. The lowest BCUT2D eigenvalue weighted by Gasteiger charge is -2.09. The second-order valence-electron chi connectivity index (χ2n) is 4.26. The number of hydrogen-bond donors (Lipinski definition) is 3. The molecule has 96 valence electrons. The van der Waals surface area contributed by atoms with Gasteiger partial charge in [0.1, 0.15) is 0 Å². The Morgan fingerprint density at radius 1 is 1.39 bits per heavy atom. The maximum Gasteiger partial charge on any atom is 0.232 e. The maximum atomic E-state index is 11.8. The van der Waals surface area contributed by atoms with E-state index in [1.807, 2.05) is 24.3 Å². The van der Waals surface area contributed by atoms with Crippen LogP contribution in [0.25, 0.3) is 0 Å². The van der Waals surface area contributed by atoms with Gasteiger partial charge in [-0.15, -0.1) is 0 Å². The number of nitrogens with one attached hydrogen (secondary N) is 2. The van der Waals surface area contributed by atoms with Gasteiger partial charge in [0, 0.05) is 25.3 Å². The van der Waals surface area contributed by atoms with Crippen molar-refractivity contribution in [2.45, 2.75) is 18.8 Å². The van der Waals surface area contributed by atoms with E-state index in [9.17, 15) is 9.59 Å². The number of aliphatic hydroxyl groups excluding tert-OH is 1. The number of hydrogen-bond acceptors (Lipinski definition) is 3. The lowest BCUT2D eigenvalue weighted by Crippen LogP contribution is -2.28. The Hall–Kier alpha value is -1.88. The molecule has 0 radical (unpaired) electrons. The number of amides is 2. The Bertz CT molecular complexity index is 459. The SMILES string of the molecule is O=C(CC1C(=O)Nc2ccccc21)NCCCO. The van der Waals surface area contributed by atoms with Crippen LogP contribution in [0.5, 0.6) is 0 Å². The molecule has 1 aromatic rings. The molecule has 0 bridgehead atoms. The highest BCUT2D eigenvalue weighted by Crippen LogP contribution is 2.34. The molecule has 1 aliphatic heterocycles. The maximum absolute atomic E-state index is 11.8. The highest BCUT2D eigenvalue weighted by atomic mass is 16.3. The van der Waals surface area contributed by atoms with Gasteiger partial charge in [0.2, 0.25) is 11.8 Å². The van der Waals surface area contributed by atoms with E-state index in [0.29, 0.717) is 13.0 Å². The summed E-state index contributed by atoms with van der Waals surface area (Å²) in [4.78, 5) is 23.4. The van der Waals surface area contributed by atoms with Crippen molar-refractivity contribution >= 4 is 17.5 Å². The molecule has 0 spiro atoms. The molecule has 2 rings (SSSR count). The molecule has 0 aromatic heterocycles. The topological polar surface area (TPSA) is 78.4 Å². The summed E-state index contributed by atoms with van der Waals surface area (Å²) < 4.78 is 0. The molecule has 0 fully saturated rings. The van der Waals surface area contributed by atoms with Gasteiger partial charge in [-0.05, 0) is 18.1 Å². The lowest BCUT2D eigenvalue weighted by atomic mass is 9.97. The number of anilines is 1. The third kappa shape index (κ3) is 2.68. The Labute approximate surface area is 105 Å². The van der Waals surface area contributed by atoms with E-state index in [2.05, 4.69) is 10.6 Å². The van der Waals surface area contributed by atoms with Crippen molar-refractivity contribution in [1.29, 1.82) is 0 Å². The van der Waals surface area contributed by atoms with E-state index >= 15 is 0 Å². The predicted molar refractivity (Wildman–Crippen MR) is 67.1 cm³/mol. The molecule has 0 aliphatic carbocycles. The van der Waals surface area contributed by atoms with Gasteiger partial charge in [0.15, 0.2) is 0 Å². The minimum absolute atomic E-state index is 0.0486. The molecular weight excluding hydrogens is 232 g/mol. The Kier molecular flexibility index (Phi) is 3.94. The van der Waals surface area contributed by atoms with Gasteiger partial charge in [-0.25, -0.2) is 0 Å². The van der Waals surface area contributed by atoms with Crippen molar-refractivity contribution in [1.82, 2.24) is 5.32 Å². The quantitative estimate of drug-likeness (QED) is 0.668. The monoisotopic (exact) mass is 248 g/mol. The second-order valence-corrected chi connectivity index (χ2v) is 4.26. The van der Waals surface area contributed by atoms with Gasteiger partial charge < -0.3 is 15.7 Å². The lowest BCUT2D eigenvalue weighted by molar-refractivity contribution is -0.125. The van der Waals surface area contributed by atoms with Gasteiger partial charge in [0.25, 0.3) is 0 Å². The number of para-hydroxylation sites is 1. The van der Waals surface area contributed by atoms with Crippen LogP contribution in [0.3, 0.4) is 0 Å². The highest BCUT2D eigenvalue weighted by Gasteiger charge is 2.31. The zero-order chi connectivity index (χ0) is 13.0. The minimum Gasteiger partial charge on any atom is -0.396 e. The normalized spacial score (nSPS) is 17.2. The summed E-state index contributed by atoms with van der Waals surface area (Å²) in [6, 6.07) is 7.40. The smallest absolute Gasteiger partial charge is 0.232 e. The average Bonchev–Trinajstić information content (AvgIpc) is 2.67. The first kappa shape index (κ1) is 12.6. The minimum atomic E-state index is -0.407. The molecule has 0 saturated carbocycles. The van der Waals surface area contributed by atoms with Gasteiger partial charge in [-0.2, -0.15) is 0 Å². The number of fused-ring (bicyclic) bond motifs is 1. The second kappa shape index (κ2) is 5.64. The number of carbonyl (C=O) groups excluding carboxylic acids is 2. The van der Waals surface area contributed by atoms with Crippen molar-refractivity contribution < 1.29 is 14.7 Å². The number of carbonyl (C=O) groups is 2. The summed E-state index contributed by atoms with van der Waals surface area (Å²) in [7, 11) is 0. The molecule has 18 heavy (non-hydrogen) atoms. The van der Waals surface area contributed by atoms with Gasteiger partial charge in [0.05, 0.1) is 5.92 Å². The van der Waals surface area contributed by atoms with Crippen LogP contribution in [0.2, 0.25) is 0 Å². The van der Waals surface area contributed by atoms with Crippen molar-refractivity contribution in [2.24, 2.45) is 0 Å². The predicted octanol–water partition coefficient (Wildman–Crippen LogP) is 0.611. The van der Waals surface area contributed by atoms with Crippen molar-refractivity contribution in [3.8, 4) is 0 Å². The van der Waals surface area contributed by atoms with Crippen LogP contribution in [-0.4, -0.2) is 30.1 Å². The standard InChI is InChI=1S/C13H16N2O3/c16-7-3-6-14-12(17)8-10-9-4-1-2-5-11(9)15-13(10)18/h1-2,4-5,10,16H,3,6-8H2,(H,14,17)(H,15,18). The van der Waals surface area contributed by atoms with E-state index in [0.717, 1.165) is 11.3 Å². The summed E-state index contributed by atoms with van der Waals surface area (Å²) in [5, 5.41) is 14.1. The zero-order valence-corrected chi connectivity index (χ0v) is 9.98. The number of aliphatic hydroxyl groups is 1. The van der Waals surface area contributed by atoms with E-state index in [1.54, 1.807) is 0 Å². The molecule has 0 saturated heterocycles. The first-order valence-electron chi connectivity index (χ1n) is 5.99. The van der Waals surface area contributed by atoms with Crippen LogP contribution in [0.4, 0.5) is 5.69 Å². The third-order valence-electron chi connectivity index (χ3n) is 2.96. The molecule has 5 nitrogen and oxygen atoms in total. The van der Waals surface area contributed by atoms with Gasteiger partial charge in [-0.1, -0.05) is 18.2 Å². The van der Waals surface area contributed by atoms with Crippen LogP contribution in [-0.2, 0) is 9.59 Å². The third-order valence-corrected chi connectivity index (χ3v) is 2.96. The molecule has 1 aliphatic rings.